The van der Waals surface area contributed by atoms with Crippen molar-refractivity contribution in [1.82, 2.24) is 14.8 Å². The lowest BCUT2D eigenvalue weighted by Crippen LogP contribution is -2.11. The highest BCUT2D eigenvalue weighted by Gasteiger charge is 2.22. The van der Waals surface area contributed by atoms with Crippen molar-refractivity contribution in [2.24, 2.45) is 0 Å². The molecule has 0 aliphatic rings. The van der Waals surface area contributed by atoms with Crippen molar-refractivity contribution in [3.05, 3.63) is 96.3 Å². The summed E-state index contributed by atoms with van der Waals surface area (Å²) >= 11 is 1.57. The van der Waals surface area contributed by atoms with E-state index in [0.29, 0.717) is 17.6 Å². The lowest BCUT2D eigenvalue weighted by molar-refractivity contribution is 0.309. The number of hydrogen-bond donors (Lipinski definition) is 0. The standard InChI is InChI=1S/C26H27N3O3S2/c1-21-11-10-14-23(19-21)32-17-8-9-18-33-26-28-27-25(29(26)22-12-4-2-5-13-22)20-34(30,31)24-15-6-3-7-16-24/h2-7,10-16,19H,8-9,17-18,20H2,1H3. The maximum atomic E-state index is 13.0. The average molecular weight is 494 g/mol. The zero-order chi connectivity index (χ0) is 23.8. The molecule has 1 heterocycles. The Morgan fingerprint density at radius 3 is 2.35 bits per heavy atom. The van der Waals surface area contributed by atoms with Gasteiger partial charge in [0.2, 0.25) is 0 Å². The molecular weight excluding hydrogens is 466 g/mol. The molecule has 0 atom stereocenters. The van der Waals surface area contributed by atoms with Gasteiger partial charge in [-0.3, -0.25) is 4.57 Å². The molecule has 0 saturated heterocycles. The molecule has 3 aromatic carbocycles. The van der Waals surface area contributed by atoms with E-state index in [0.717, 1.165) is 30.0 Å². The van der Waals surface area contributed by atoms with Crippen LogP contribution in [0.2, 0.25) is 0 Å². The molecule has 34 heavy (non-hydrogen) atoms. The zero-order valence-electron chi connectivity index (χ0n) is 19.0. The first-order valence-electron chi connectivity index (χ1n) is 11.1. The Labute approximate surface area is 204 Å². The highest BCUT2D eigenvalue weighted by Crippen LogP contribution is 2.25. The first kappa shape index (κ1) is 24.0. The van der Waals surface area contributed by atoms with Crippen molar-refractivity contribution in [3.8, 4) is 11.4 Å². The van der Waals surface area contributed by atoms with Gasteiger partial charge in [0.25, 0.3) is 0 Å². The van der Waals surface area contributed by atoms with Gasteiger partial charge in [-0.1, -0.05) is 60.3 Å². The largest absolute Gasteiger partial charge is 0.494 e. The van der Waals surface area contributed by atoms with Crippen LogP contribution in [0, 0.1) is 6.92 Å². The van der Waals surface area contributed by atoms with Gasteiger partial charge in [-0.15, -0.1) is 10.2 Å². The quantitative estimate of drug-likeness (QED) is 0.203. The number of benzene rings is 3. The first-order valence-corrected chi connectivity index (χ1v) is 13.8. The Bertz CT molecular complexity index is 1310. The lowest BCUT2D eigenvalue weighted by atomic mass is 10.2. The number of ether oxygens (including phenoxy) is 1. The summed E-state index contributed by atoms with van der Waals surface area (Å²) in [6, 6.07) is 26.1. The van der Waals surface area contributed by atoms with E-state index in [1.165, 1.54) is 5.56 Å². The van der Waals surface area contributed by atoms with Crippen LogP contribution in [0.4, 0.5) is 0 Å². The minimum atomic E-state index is -3.54. The number of nitrogens with zero attached hydrogens (tertiary/aromatic N) is 3. The lowest BCUT2D eigenvalue weighted by Gasteiger charge is -2.11. The Morgan fingerprint density at radius 2 is 1.62 bits per heavy atom. The van der Waals surface area contributed by atoms with Gasteiger partial charge < -0.3 is 4.74 Å². The Morgan fingerprint density at radius 1 is 0.882 bits per heavy atom. The highest BCUT2D eigenvalue weighted by molar-refractivity contribution is 7.99. The monoisotopic (exact) mass is 493 g/mol. The van der Waals surface area contributed by atoms with E-state index in [1.807, 2.05) is 66.1 Å². The molecule has 0 amide bonds. The predicted molar refractivity (Wildman–Crippen MR) is 135 cm³/mol. The van der Waals surface area contributed by atoms with Gasteiger partial charge in [0.15, 0.2) is 20.8 Å². The molecule has 8 heteroatoms. The second kappa shape index (κ2) is 11.4. The van der Waals surface area contributed by atoms with Crippen LogP contribution in [-0.2, 0) is 15.6 Å². The fourth-order valence-corrected chi connectivity index (χ4v) is 5.70. The summed E-state index contributed by atoms with van der Waals surface area (Å²) in [6.07, 6.45) is 1.85. The van der Waals surface area contributed by atoms with Crippen molar-refractivity contribution in [1.29, 1.82) is 0 Å². The van der Waals surface area contributed by atoms with Crippen molar-refractivity contribution in [2.45, 2.75) is 35.6 Å². The molecule has 0 saturated carbocycles. The predicted octanol–water partition coefficient (Wildman–Crippen LogP) is 5.50. The number of aryl methyl sites for hydroxylation is 1. The average Bonchev–Trinajstić information content (AvgIpc) is 3.24. The molecule has 176 valence electrons. The van der Waals surface area contributed by atoms with Crippen LogP contribution in [-0.4, -0.2) is 35.5 Å². The first-order chi connectivity index (χ1) is 16.5. The Hall–Kier alpha value is -3.10. The van der Waals surface area contributed by atoms with Crippen LogP contribution in [0.5, 0.6) is 5.75 Å². The van der Waals surface area contributed by atoms with E-state index >= 15 is 0 Å². The number of aromatic nitrogens is 3. The minimum Gasteiger partial charge on any atom is -0.494 e. The van der Waals surface area contributed by atoms with E-state index in [-0.39, 0.29) is 10.6 Å². The maximum Gasteiger partial charge on any atom is 0.195 e. The minimum absolute atomic E-state index is 0.218. The fraction of sp³-hybridized carbons (Fsp3) is 0.231. The third-order valence-corrected chi connectivity index (χ3v) is 7.81. The van der Waals surface area contributed by atoms with Crippen molar-refractivity contribution >= 4 is 21.6 Å². The van der Waals surface area contributed by atoms with E-state index in [2.05, 4.69) is 10.2 Å². The number of sulfone groups is 1. The second-order valence-electron chi connectivity index (χ2n) is 7.86. The van der Waals surface area contributed by atoms with Gasteiger partial charge in [0.05, 0.1) is 11.5 Å². The summed E-state index contributed by atoms with van der Waals surface area (Å²) in [4.78, 5) is 0.278. The molecule has 0 N–H and O–H groups in total. The smallest absolute Gasteiger partial charge is 0.195 e. The van der Waals surface area contributed by atoms with E-state index in [9.17, 15) is 8.42 Å². The number of thioether (sulfide) groups is 1. The SMILES string of the molecule is Cc1cccc(OCCCCSc2nnc(CS(=O)(=O)c3ccccc3)n2-c2ccccc2)c1. The molecule has 6 nitrogen and oxygen atoms in total. The molecule has 0 radical (unpaired) electrons. The summed E-state index contributed by atoms with van der Waals surface area (Å²) in [6.45, 7) is 2.70. The van der Waals surface area contributed by atoms with Crippen LogP contribution in [0.25, 0.3) is 5.69 Å². The second-order valence-corrected chi connectivity index (χ2v) is 10.9. The normalized spacial score (nSPS) is 11.4. The summed E-state index contributed by atoms with van der Waals surface area (Å²) in [5.74, 6) is 1.90. The van der Waals surface area contributed by atoms with Gasteiger partial charge >= 0.3 is 0 Å². The Kier molecular flexibility index (Phi) is 8.03. The number of rotatable bonds is 11. The summed E-state index contributed by atoms with van der Waals surface area (Å²) < 4.78 is 33.6. The third-order valence-electron chi connectivity index (χ3n) is 5.16. The van der Waals surface area contributed by atoms with Crippen LogP contribution >= 0.6 is 11.8 Å². The topological polar surface area (TPSA) is 74.1 Å². The van der Waals surface area contributed by atoms with Crippen molar-refractivity contribution in [2.75, 3.05) is 12.4 Å². The molecule has 0 unspecified atom stereocenters. The van der Waals surface area contributed by atoms with Gasteiger partial charge in [-0.2, -0.15) is 0 Å². The molecule has 0 aliphatic carbocycles. The van der Waals surface area contributed by atoms with Gasteiger partial charge in [0, 0.05) is 11.4 Å². The molecule has 0 bridgehead atoms. The zero-order valence-corrected chi connectivity index (χ0v) is 20.6. The van der Waals surface area contributed by atoms with E-state index in [4.69, 9.17) is 4.74 Å². The van der Waals surface area contributed by atoms with Crippen LogP contribution < -0.4 is 4.74 Å². The van der Waals surface area contributed by atoms with Crippen LogP contribution in [0.15, 0.2) is 95.0 Å². The van der Waals surface area contributed by atoms with Crippen LogP contribution in [0.1, 0.15) is 24.2 Å². The van der Waals surface area contributed by atoms with Crippen molar-refractivity contribution < 1.29 is 13.2 Å². The van der Waals surface area contributed by atoms with Gasteiger partial charge in [-0.05, 0) is 61.7 Å². The summed E-state index contributed by atoms with van der Waals surface area (Å²) in [7, 11) is -3.54. The number of hydrogen-bond acceptors (Lipinski definition) is 6. The Balaban J connectivity index is 1.42. The molecule has 4 aromatic rings. The molecular formula is C26H27N3O3S2. The fourth-order valence-electron chi connectivity index (χ4n) is 3.47. The molecule has 0 aliphatic heterocycles. The third kappa shape index (κ3) is 6.27. The molecule has 0 fully saturated rings. The number of unbranched alkanes of at least 4 members (excludes halogenated alkanes) is 1. The summed E-state index contributed by atoms with van der Waals surface area (Å²) in [5, 5.41) is 9.26. The molecule has 0 spiro atoms. The summed E-state index contributed by atoms with van der Waals surface area (Å²) in [5.41, 5.74) is 2.02. The molecule has 1 aromatic heterocycles. The maximum absolute atomic E-state index is 13.0. The van der Waals surface area contributed by atoms with Crippen LogP contribution in [0.3, 0.4) is 0 Å². The number of para-hydroxylation sites is 1. The van der Waals surface area contributed by atoms with E-state index in [1.54, 1.807) is 42.1 Å². The highest BCUT2D eigenvalue weighted by atomic mass is 32.2. The van der Waals surface area contributed by atoms with E-state index < -0.39 is 9.84 Å². The van der Waals surface area contributed by atoms with Crippen molar-refractivity contribution in [3.63, 3.8) is 0 Å². The molecule has 4 rings (SSSR count). The van der Waals surface area contributed by atoms with Gasteiger partial charge in [0.1, 0.15) is 11.5 Å². The van der Waals surface area contributed by atoms with Gasteiger partial charge in [-0.25, -0.2) is 8.42 Å².